The number of hydrogen-bond acceptors (Lipinski definition) is 2. The van der Waals surface area contributed by atoms with Gasteiger partial charge in [0.15, 0.2) is 5.82 Å². The summed E-state index contributed by atoms with van der Waals surface area (Å²) < 4.78 is 14.5. The third kappa shape index (κ3) is 2.35. The van der Waals surface area contributed by atoms with Crippen molar-refractivity contribution < 1.29 is 4.39 Å². The first kappa shape index (κ1) is 12.6. The zero-order valence-corrected chi connectivity index (χ0v) is 10.9. The van der Waals surface area contributed by atoms with E-state index in [9.17, 15) is 9.18 Å². The Kier molecular flexibility index (Phi) is 3.12. The summed E-state index contributed by atoms with van der Waals surface area (Å²) in [4.78, 5) is 15.4. The van der Waals surface area contributed by atoms with Crippen molar-refractivity contribution >= 4 is 11.6 Å². The molecule has 2 aromatic carbocycles. The predicted molar refractivity (Wildman–Crippen MR) is 74.6 cm³/mol. The average molecular weight is 290 g/mol. The van der Waals surface area contributed by atoms with Gasteiger partial charge in [0.05, 0.1) is 5.69 Å². The van der Waals surface area contributed by atoms with Crippen LogP contribution < -0.4 is 5.69 Å². The van der Waals surface area contributed by atoms with Gasteiger partial charge in [-0.3, -0.25) is 0 Å². The average Bonchev–Trinajstić information content (AvgIpc) is 2.82. The van der Waals surface area contributed by atoms with Crippen molar-refractivity contribution in [1.29, 1.82) is 0 Å². The van der Waals surface area contributed by atoms with Gasteiger partial charge >= 0.3 is 5.69 Å². The van der Waals surface area contributed by atoms with Crippen LogP contribution in [0.3, 0.4) is 0 Å². The maximum Gasteiger partial charge on any atom is 0.362 e. The fourth-order valence-electron chi connectivity index (χ4n) is 1.89. The first-order valence-electron chi connectivity index (χ1n) is 5.84. The van der Waals surface area contributed by atoms with Crippen LogP contribution in [0, 0.1) is 5.82 Å². The zero-order chi connectivity index (χ0) is 14.1. The molecule has 0 atom stereocenters. The summed E-state index contributed by atoms with van der Waals surface area (Å²) in [5.41, 5.74) is 0.877. The maximum atomic E-state index is 13.0. The standard InChI is InChI=1S/C14H9ClFN3O/c15-10-3-7-12(8-4-10)19-13(17-14(20)18-19)9-1-5-11(16)6-2-9/h1-8H,(H,18,20). The molecule has 3 aromatic rings. The Morgan fingerprint density at radius 1 is 1.05 bits per heavy atom. The highest BCUT2D eigenvalue weighted by Gasteiger charge is 2.10. The third-order valence-corrected chi connectivity index (χ3v) is 3.07. The molecule has 1 aromatic heterocycles. The number of aromatic nitrogens is 3. The first-order valence-corrected chi connectivity index (χ1v) is 6.22. The van der Waals surface area contributed by atoms with Crippen LogP contribution in [0.2, 0.25) is 5.02 Å². The van der Waals surface area contributed by atoms with Gasteiger partial charge in [-0.1, -0.05) is 11.6 Å². The minimum absolute atomic E-state index is 0.343. The van der Waals surface area contributed by atoms with E-state index in [1.54, 1.807) is 36.4 Å². The SMILES string of the molecule is O=c1nc(-c2ccc(F)cc2)n(-c2ccc(Cl)cc2)[nH]1. The molecule has 6 heteroatoms. The second-order valence-corrected chi connectivity index (χ2v) is 4.61. The molecule has 4 nitrogen and oxygen atoms in total. The van der Waals surface area contributed by atoms with Crippen molar-refractivity contribution in [2.75, 3.05) is 0 Å². The van der Waals surface area contributed by atoms with Crippen LogP contribution in [-0.2, 0) is 0 Å². The fraction of sp³-hybridized carbons (Fsp3) is 0. The predicted octanol–water partition coefficient (Wildman–Crippen LogP) is 3.02. The van der Waals surface area contributed by atoms with Gasteiger partial charge in [0.2, 0.25) is 0 Å². The Morgan fingerprint density at radius 3 is 2.35 bits per heavy atom. The number of nitrogens with zero attached hydrogens (tertiary/aromatic N) is 2. The molecular weight excluding hydrogens is 281 g/mol. The van der Waals surface area contributed by atoms with Crippen LogP contribution in [0.15, 0.2) is 53.3 Å². The molecule has 1 heterocycles. The molecule has 0 aliphatic heterocycles. The Hall–Kier alpha value is -2.40. The first-order chi connectivity index (χ1) is 9.63. The van der Waals surface area contributed by atoms with Gasteiger partial charge in [0.1, 0.15) is 5.82 Å². The molecule has 0 saturated carbocycles. The quantitative estimate of drug-likeness (QED) is 0.788. The summed E-state index contributed by atoms with van der Waals surface area (Å²) in [7, 11) is 0. The second-order valence-electron chi connectivity index (χ2n) is 4.17. The second kappa shape index (κ2) is 4.94. The number of halogens is 2. The number of hydrogen-bond donors (Lipinski definition) is 1. The lowest BCUT2D eigenvalue weighted by Crippen LogP contribution is -2.05. The lowest BCUT2D eigenvalue weighted by Gasteiger charge is -2.06. The number of rotatable bonds is 2. The number of benzene rings is 2. The van der Waals surface area contributed by atoms with E-state index in [4.69, 9.17) is 11.6 Å². The monoisotopic (exact) mass is 289 g/mol. The molecule has 0 unspecified atom stereocenters. The van der Waals surface area contributed by atoms with E-state index >= 15 is 0 Å². The van der Waals surface area contributed by atoms with E-state index < -0.39 is 5.69 Å². The van der Waals surface area contributed by atoms with E-state index in [1.807, 2.05) is 0 Å². The van der Waals surface area contributed by atoms with E-state index in [0.717, 1.165) is 0 Å². The summed E-state index contributed by atoms with van der Waals surface area (Å²) in [5, 5.41) is 3.20. The lowest BCUT2D eigenvalue weighted by molar-refractivity contribution is 0.628. The van der Waals surface area contributed by atoms with Gasteiger partial charge in [0, 0.05) is 10.6 Å². The van der Waals surface area contributed by atoms with Crippen molar-refractivity contribution in [3.63, 3.8) is 0 Å². The molecule has 0 aliphatic rings. The van der Waals surface area contributed by atoms with E-state index in [2.05, 4.69) is 10.1 Å². The molecule has 0 spiro atoms. The molecule has 0 saturated heterocycles. The smallest absolute Gasteiger partial charge is 0.244 e. The van der Waals surface area contributed by atoms with Crippen LogP contribution in [0.5, 0.6) is 0 Å². The normalized spacial score (nSPS) is 10.7. The summed E-state index contributed by atoms with van der Waals surface area (Å²) in [6.07, 6.45) is 0. The van der Waals surface area contributed by atoms with Crippen LogP contribution in [-0.4, -0.2) is 14.8 Å². The van der Waals surface area contributed by atoms with Crippen molar-refractivity contribution in [2.24, 2.45) is 0 Å². The van der Waals surface area contributed by atoms with Gasteiger partial charge in [-0.2, -0.15) is 4.98 Å². The minimum atomic E-state index is -0.473. The van der Waals surface area contributed by atoms with Crippen LogP contribution in [0.25, 0.3) is 17.1 Å². The van der Waals surface area contributed by atoms with Gasteiger partial charge in [0.25, 0.3) is 0 Å². The van der Waals surface area contributed by atoms with Crippen LogP contribution >= 0.6 is 11.6 Å². The molecule has 1 N–H and O–H groups in total. The van der Waals surface area contributed by atoms with Crippen LogP contribution in [0.1, 0.15) is 0 Å². The molecule has 20 heavy (non-hydrogen) atoms. The molecule has 3 rings (SSSR count). The molecular formula is C14H9ClFN3O. The van der Waals surface area contributed by atoms with Crippen molar-refractivity contribution in [2.45, 2.75) is 0 Å². The molecule has 0 radical (unpaired) electrons. The Bertz CT molecular complexity index is 725. The summed E-state index contributed by atoms with van der Waals surface area (Å²) >= 11 is 5.84. The van der Waals surface area contributed by atoms with E-state index in [1.165, 1.54) is 16.8 Å². The summed E-state index contributed by atoms with van der Waals surface area (Å²) in [6.45, 7) is 0. The summed E-state index contributed by atoms with van der Waals surface area (Å²) in [6, 6.07) is 12.7. The van der Waals surface area contributed by atoms with Crippen LogP contribution in [0.4, 0.5) is 4.39 Å². The zero-order valence-electron chi connectivity index (χ0n) is 10.2. The highest BCUT2D eigenvalue weighted by molar-refractivity contribution is 6.30. The molecule has 0 aliphatic carbocycles. The molecule has 0 amide bonds. The number of H-pyrrole nitrogens is 1. The van der Waals surface area contributed by atoms with Gasteiger partial charge in [-0.25, -0.2) is 19.0 Å². The highest BCUT2D eigenvalue weighted by Crippen LogP contribution is 2.20. The number of aromatic amines is 1. The summed E-state index contributed by atoms with van der Waals surface area (Å²) in [5.74, 6) is 0.0713. The highest BCUT2D eigenvalue weighted by atomic mass is 35.5. The van der Waals surface area contributed by atoms with E-state index in [0.29, 0.717) is 22.1 Å². The lowest BCUT2D eigenvalue weighted by atomic mass is 10.2. The molecule has 100 valence electrons. The Morgan fingerprint density at radius 2 is 1.70 bits per heavy atom. The fourth-order valence-corrected chi connectivity index (χ4v) is 2.02. The largest absolute Gasteiger partial charge is 0.362 e. The van der Waals surface area contributed by atoms with Crippen molar-refractivity contribution in [1.82, 2.24) is 14.8 Å². The Labute approximate surface area is 118 Å². The van der Waals surface area contributed by atoms with Gasteiger partial charge < -0.3 is 0 Å². The topological polar surface area (TPSA) is 50.7 Å². The van der Waals surface area contributed by atoms with Crippen molar-refractivity contribution in [3.8, 4) is 17.1 Å². The van der Waals surface area contributed by atoms with Gasteiger partial charge in [-0.15, -0.1) is 0 Å². The molecule has 0 fully saturated rings. The maximum absolute atomic E-state index is 13.0. The van der Waals surface area contributed by atoms with Gasteiger partial charge in [-0.05, 0) is 48.5 Å². The number of nitrogens with one attached hydrogen (secondary N) is 1. The van der Waals surface area contributed by atoms with E-state index in [-0.39, 0.29) is 5.82 Å². The third-order valence-electron chi connectivity index (χ3n) is 2.81. The van der Waals surface area contributed by atoms with Crippen molar-refractivity contribution in [3.05, 3.63) is 69.9 Å². The molecule has 0 bridgehead atoms. The minimum Gasteiger partial charge on any atom is -0.244 e. The Balaban J connectivity index is 2.15.